The Bertz CT molecular complexity index is 649. The van der Waals surface area contributed by atoms with Gasteiger partial charge in [-0.25, -0.2) is 9.78 Å². The van der Waals surface area contributed by atoms with Gasteiger partial charge < -0.3 is 24.2 Å². The summed E-state index contributed by atoms with van der Waals surface area (Å²) >= 11 is 3.55. The van der Waals surface area contributed by atoms with Gasteiger partial charge in [0.05, 0.1) is 12.3 Å². The Hall–Kier alpha value is -1.54. The van der Waals surface area contributed by atoms with Crippen LogP contribution in [0.5, 0.6) is 0 Å². The zero-order valence-corrected chi connectivity index (χ0v) is 18.0. The van der Waals surface area contributed by atoms with Crippen molar-refractivity contribution in [2.75, 3.05) is 62.3 Å². The van der Waals surface area contributed by atoms with Gasteiger partial charge in [-0.1, -0.05) is 0 Å². The number of rotatable bonds is 2. The number of amides is 1. The second-order valence-corrected chi connectivity index (χ2v) is 8.82. The van der Waals surface area contributed by atoms with Crippen LogP contribution < -0.4 is 9.80 Å². The number of ether oxygens (including phenoxy) is 2. The minimum absolute atomic E-state index is 0.240. The molecule has 0 radical (unpaired) electrons. The van der Waals surface area contributed by atoms with Crippen LogP contribution in [0.2, 0.25) is 0 Å². The second kappa shape index (κ2) is 8.65. The summed E-state index contributed by atoms with van der Waals surface area (Å²) in [6.45, 7) is 11.8. The molecular weight excluding hydrogens is 412 g/mol. The van der Waals surface area contributed by atoms with E-state index in [-0.39, 0.29) is 6.09 Å². The molecular formula is C19H29BrN4O3. The number of hydrogen-bond acceptors (Lipinski definition) is 6. The van der Waals surface area contributed by atoms with Crippen LogP contribution in [0.4, 0.5) is 16.3 Å². The van der Waals surface area contributed by atoms with Gasteiger partial charge in [0, 0.05) is 56.5 Å². The molecule has 0 aliphatic carbocycles. The van der Waals surface area contributed by atoms with Gasteiger partial charge in [-0.05, 0) is 49.2 Å². The van der Waals surface area contributed by atoms with Gasteiger partial charge in [0.1, 0.15) is 5.60 Å². The van der Waals surface area contributed by atoms with E-state index < -0.39 is 5.60 Å². The van der Waals surface area contributed by atoms with Crippen LogP contribution in [0.1, 0.15) is 27.2 Å². The van der Waals surface area contributed by atoms with E-state index >= 15 is 0 Å². The lowest BCUT2D eigenvalue weighted by molar-refractivity contribution is 0.0240. The molecule has 0 bridgehead atoms. The molecule has 0 atom stereocenters. The molecule has 3 heterocycles. The monoisotopic (exact) mass is 440 g/mol. The maximum atomic E-state index is 12.3. The van der Waals surface area contributed by atoms with Crippen LogP contribution >= 0.6 is 15.9 Å². The van der Waals surface area contributed by atoms with Crippen LogP contribution in [0.25, 0.3) is 0 Å². The van der Waals surface area contributed by atoms with E-state index in [0.29, 0.717) is 13.1 Å². The van der Waals surface area contributed by atoms with E-state index in [2.05, 4.69) is 31.8 Å². The van der Waals surface area contributed by atoms with Crippen molar-refractivity contribution in [2.24, 2.45) is 0 Å². The zero-order chi connectivity index (χ0) is 19.4. The Labute approximate surface area is 169 Å². The summed E-state index contributed by atoms with van der Waals surface area (Å²) in [4.78, 5) is 23.4. The summed E-state index contributed by atoms with van der Waals surface area (Å²) in [7, 11) is 0. The lowest BCUT2D eigenvalue weighted by Gasteiger charge is -2.38. The van der Waals surface area contributed by atoms with Crippen molar-refractivity contribution in [3.8, 4) is 0 Å². The predicted octanol–water partition coefficient (Wildman–Crippen LogP) is 3.13. The van der Waals surface area contributed by atoms with E-state index in [9.17, 15) is 4.79 Å². The number of carbonyl (C=O) groups excluding carboxylic acids is 1. The van der Waals surface area contributed by atoms with Crippen LogP contribution in [0.3, 0.4) is 0 Å². The third kappa shape index (κ3) is 5.48. The average Bonchev–Trinajstić information content (AvgIpc) is 2.90. The molecule has 8 heteroatoms. The van der Waals surface area contributed by atoms with E-state index in [1.807, 2.05) is 27.0 Å². The van der Waals surface area contributed by atoms with Gasteiger partial charge in [-0.3, -0.25) is 0 Å². The standard InChI is InChI=1S/C19H29BrN4O3/c1-19(2,3)27-18(25)24-8-6-23(7-9-24)17-16(13-15(20)14-21-17)22-5-4-11-26-12-10-22/h13-14H,4-12H2,1-3H3. The quantitative estimate of drug-likeness (QED) is 0.703. The van der Waals surface area contributed by atoms with E-state index in [1.54, 1.807) is 4.90 Å². The zero-order valence-electron chi connectivity index (χ0n) is 16.4. The first-order chi connectivity index (χ1) is 12.8. The maximum Gasteiger partial charge on any atom is 0.410 e. The second-order valence-electron chi connectivity index (χ2n) is 7.90. The van der Waals surface area contributed by atoms with Crippen LogP contribution in [-0.2, 0) is 9.47 Å². The summed E-state index contributed by atoms with van der Waals surface area (Å²) in [5, 5.41) is 0. The Morgan fingerprint density at radius 1 is 1.11 bits per heavy atom. The van der Waals surface area contributed by atoms with Crippen molar-refractivity contribution >= 4 is 33.5 Å². The molecule has 1 aromatic heterocycles. The van der Waals surface area contributed by atoms with Gasteiger partial charge in [-0.15, -0.1) is 0 Å². The first-order valence-electron chi connectivity index (χ1n) is 9.54. The molecule has 0 unspecified atom stereocenters. The molecule has 0 aromatic carbocycles. The average molecular weight is 441 g/mol. The van der Waals surface area contributed by atoms with Gasteiger partial charge >= 0.3 is 6.09 Å². The molecule has 150 valence electrons. The number of nitrogens with zero attached hydrogens (tertiary/aromatic N) is 4. The van der Waals surface area contributed by atoms with Crippen molar-refractivity contribution in [3.63, 3.8) is 0 Å². The highest BCUT2D eigenvalue weighted by atomic mass is 79.9. The predicted molar refractivity (Wildman–Crippen MR) is 110 cm³/mol. The van der Waals surface area contributed by atoms with E-state index in [1.165, 1.54) is 0 Å². The smallest absolute Gasteiger partial charge is 0.410 e. The Balaban J connectivity index is 1.70. The summed E-state index contributed by atoms with van der Waals surface area (Å²) < 4.78 is 12.1. The molecule has 3 rings (SSSR count). The van der Waals surface area contributed by atoms with Crippen LogP contribution in [-0.4, -0.2) is 74.1 Å². The maximum absolute atomic E-state index is 12.3. The molecule has 1 aromatic rings. The Kier molecular flexibility index (Phi) is 6.47. The van der Waals surface area contributed by atoms with Gasteiger partial charge in [0.2, 0.25) is 0 Å². The summed E-state index contributed by atoms with van der Waals surface area (Å²) in [6.07, 6.45) is 2.61. The van der Waals surface area contributed by atoms with Crippen LogP contribution in [0, 0.1) is 0 Å². The van der Waals surface area contributed by atoms with Gasteiger partial charge in [-0.2, -0.15) is 0 Å². The Morgan fingerprint density at radius 2 is 1.85 bits per heavy atom. The van der Waals surface area contributed by atoms with Gasteiger partial charge in [0.15, 0.2) is 5.82 Å². The fourth-order valence-electron chi connectivity index (χ4n) is 3.31. The molecule has 2 fully saturated rings. The highest BCUT2D eigenvalue weighted by Gasteiger charge is 2.28. The molecule has 27 heavy (non-hydrogen) atoms. The molecule has 1 amide bonds. The largest absolute Gasteiger partial charge is 0.444 e. The third-order valence-corrected chi connectivity index (χ3v) is 5.04. The molecule has 2 saturated heterocycles. The molecule has 2 aliphatic rings. The van der Waals surface area contributed by atoms with Crippen molar-refractivity contribution in [2.45, 2.75) is 32.8 Å². The summed E-state index contributed by atoms with van der Waals surface area (Å²) in [5.41, 5.74) is 0.657. The van der Waals surface area contributed by atoms with Crippen molar-refractivity contribution in [3.05, 3.63) is 16.7 Å². The number of anilines is 2. The fraction of sp³-hybridized carbons (Fsp3) is 0.684. The van der Waals surface area contributed by atoms with Gasteiger partial charge in [0.25, 0.3) is 0 Å². The molecule has 2 aliphatic heterocycles. The Morgan fingerprint density at radius 3 is 2.56 bits per heavy atom. The highest BCUT2D eigenvalue weighted by molar-refractivity contribution is 9.10. The topological polar surface area (TPSA) is 58.1 Å². The van der Waals surface area contributed by atoms with Crippen molar-refractivity contribution in [1.29, 1.82) is 0 Å². The number of aromatic nitrogens is 1. The van der Waals surface area contributed by atoms with E-state index in [0.717, 1.165) is 61.8 Å². The number of pyridine rings is 1. The molecule has 0 spiro atoms. The van der Waals surface area contributed by atoms with Crippen LogP contribution in [0.15, 0.2) is 16.7 Å². The first kappa shape index (κ1) is 20.2. The first-order valence-corrected chi connectivity index (χ1v) is 10.3. The minimum atomic E-state index is -0.469. The number of piperazine rings is 1. The summed E-state index contributed by atoms with van der Waals surface area (Å²) in [6, 6.07) is 2.13. The molecule has 0 N–H and O–H groups in total. The molecule has 7 nitrogen and oxygen atoms in total. The SMILES string of the molecule is CC(C)(C)OC(=O)N1CCN(c2ncc(Br)cc2N2CCCOCC2)CC1. The number of hydrogen-bond donors (Lipinski definition) is 0. The lowest BCUT2D eigenvalue weighted by Crippen LogP contribution is -2.50. The van der Waals surface area contributed by atoms with E-state index in [4.69, 9.17) is 14.5 Å². The third-order valence-electron chi connectivity index (χ3n) is 4.61. The lowest BCUT2D eigenvalue weighted by atomic mass is 10.2. The highest BCUT2D eigenvalue weighted by Crippen LogP contribution is 2.31. The normalized spacial score (nSPS) is 19.0. The fourth-order valence-corrected chi connectivity index (χ4v) is 3.63. The number of halogens is 1. The van der Waals surface area contributed by atoms with Crippen molar-refractivity contribution in [1.82, 2.24) is 9.88 Å². The minimum Gasteiger partial charge on any atom is -0.444 e. The summed E-state index contributed by atoms with van der Waals surface area (Å²) in [5.74, 6) is 0.976. The number of carbonyl (C=O) groups is 1. The molecule has 0 saturated carbocycles. The van der Waals surface area contributed by atoms with Crippen molar-refractivity contribution < 1.29 is 14.3 Å².